The zero-order chi connectivity index (χ0) is 11.9. The van der Waals surface area contributed by atoms with E-state index in [1.54, 1.807) is 0 Å². The maximum Gasteiger partial charge on any atom is 0.314 e. The van der Waals surface area contributed by atoms with Gasteiger partial charge in [-0.15, -0.1) is 0 Å². The first-order valence-corrected chi connectivity index (χ1v) is 5.77. The van der Waals surface area contributed by atoms with Gasteiger partial charge in [-0.1, -0.05) is 25.1 Å². The summed E-state index contributed by atoms with van der Waals surface area (Å²) in [5.41, 5.74) is 2.76. The van der Waals surface area contributed by atoms with E-state index >= 15 is 0 Å². The van der Waals surface area contributed by atoms with E-state index in [2.05, 4.69) is 13.8 Å². The monoisotopic (exact) mass is 218 g/mol. The summed E-state index contributed by atoms with van der Waals surface area (Å²) in [6.45, 7) is 6.20. The third kappa shape index (κ3) is 1.53. The van der Waals surface area contributed by atoms with Crippen molar-refractivity contribution in [1.29, 1.82) is 0 Å². The van der Waals surface area contributed by atoms with Gasteiger partial charge in [0.15, 0.2) is 0 Å². The zero-order valence-electron chi connectivity index (χ0n) is 10.1. The maximum absolute atomic E-state index is 11.4. The lowest BCUT2D eigenvalue weighted by Gasteiger charge is -2.43. The smallest absolute Gasteiger partial charge is 0.314 e. The van der Waals surface area contributed by atoms with Crippen molar-refractivity contribution in [3.8, 4) is 0 Å². The Bertz CT molecular complexity index is 428. The Hall–Kier alpha value is -1.31. The fourth-order valence-corrected chi connectivity index (χ4v) is 2.70. The van der Waals surface area contributed by atoms with Gasteiger partial charge in [-0.05, 0) is 49.3 Å². The standard InChI is InChI=1S/C14H18O2/c1-9-7-14(8-9,13(15)16)12-5-4-10(2)11(3)6-12/h4-6,9H,7-8H2,1-3H3,(H,15,16). The van der Waals surface area contributed by atoms with Gasteiger partial charge in [-0.3, -0.25) is 4.79 Å². The molecule has 2 rings (SSSR count). The minimum atomic E-state index is -0.672. The van der Waals surface area contributed by atoms with E-state index in [0.29, 0.717) is 5.92 Å². The number of aliphatic carboxylic acids is 1. The molecule has 0 bridgehead atoms. The lowest BCUT2D eigenvalue weighted by molar-refractivity contribution is -0.149. The molecule has 1 aliphatic rings. The predicted molar refractivity (Wildman–Crippen MR) is 63.6 cm³/mol. The van der Waals surface area contributed by atoms with Gasteiger partial charge >= 0.3 is 5.97 Å². The van der Waals surface area contributed by atoms with Crippen LogP contribution in [0.25, 0.3) is 0 Å². The Labute approximate surface area is 96.3 Å². The first kappa shape index (κ1) is 11.2. The number of hydrogen-bond donors (Lipinski definition) is 1. The van der Waals surface area contributed by atoms with Crippen LogP contribution in [0.15, 0.2) is 18.2 Å². The van der Waals surface area contributed by atoms with E-state index in [4.69, 9.17) is 0 Å². The van der Waals surface area contributed by atoms with Crippen LogP contribution in [0.2, 0.25) is 0 Å². The fourth-order valence-electron chi connectivity index (χ4n) is 2.70. The van der Waals surface area contributed by atoms with Crippen LogP contribution >= 0.6 is 0 Å². The van der Waals surface area contributed by atoms with Gasteiger partial charge in [0.05, 0.1) is 5.41 Å². The van der Waals surface area contributed by atoms with Crippen molar-refractivity contribution in [2.45, 2.75) is 39.0 Å². The molecule has 1 aliphatic carbocycles. The van der Waals surface area contributed by atoms with E-state index in [0.717, 1.165) is 18.4 Å². The van der Waals surface area contributed by atoms with E-state index in [1.165, 1.54) is 11.1 Å². The van der Waals surface area contributed by atoms with E-state index in [1.807, 2.05) is 25.1 Å². The first-order valence-electron chi connectivity index (χ1n) is 5.77. The van der Waals surface area contributed by atoms with Gasteiger partial charge < -0.3 is 5.11 Å². The van der Waals surface area contributed by atoms with Crippen LogP contribution in [0.3, 0.4) is 0 Å². The molecular weight excluding hydrogens is 200 g/mol. The molecule has 1 fully saturated rings. The van der Waals surface area contributed by atoms with Crippen LogP contribution in [-0.4, -0.2) is 11.1 Å². The number of carboxylic acid groups (broad SMARTS) is 1. The molecule has 0 aliphatic heterocycles. The largest absolute Gasteiger partial charge is 0.481 e. The lowest BCUT2D eigenvalue weighted by atomic mass is 9.59. The molecule has 86 valence electrons. The topological polar surface area (TPSA) is 37.3 Å². The van der Waals surface area contributed by atoms with Crippen molar-refractivity contribution in [2.75, 3.05) is 0 Å². The number of rotatable bonds is 2. The summed E-state index contributed by atoms with van der Waals surface area (Å²) >= 11 is 0. The Morgan fingerprint density at radius 3 is 2.38 bits per heavy atom. The van der Waals surface area contributed by atoms with Gasteiger partial charge in [0.25, 0.3) is 0 Å². The van der Waals surface area contributed by atoms with Crippen molar-refractivity contribution in [3.05, 3.63) is 34.9 Å². The highest BCUT2D eigenvalue weighted by Gasteiger charge is 2.49. The van der Waals surface area contributed by atoms with Crippen molar-refractivity contribution >= 4 is 5.97 Å². The molecule has 0 unspecified atom stereocenters. The minimum Gasteiger partial charge on any atom is -0.481 e. The third-order valence-electron chi connectivity index (χ3n) is 3.86. The third-order valence-corrected chi connectivity index (χ3v) is 3.86. The van der Waals surface area contributed by atoms with Crippen molar-refractivity contribution in [3.63, 3.8) is 0 Å². The Balaban J connectivity index is 2.41. The number of aryl methyl sites for hydroxylation is 2. The average Bonchev–Trinajstić information content (AvgIpc) is 2.17. The molecule has 16 heavy (non-hydrogen) atoms. The number of benzene rings is 1. The molecule has 0 aromatic heterocycles. The van der Waals surface area contributed by atoms with Crippen molar-refractivity contribution in [1.82, 2.24) is 0 Å². The average molecular weight is 218 g/mol. The number of hydrogen-bond acceptors (Lipinski definition) is 1. The van der Waals surface area contributed by atoms with Gasteiger partial charge in [0.2, 0.25) is 0 Å². The van der Waals surface area contributed by atoms with Gasteiger partial charge in [0.1, 0.15) is 0 Å². The summed E-state index contributed by atoms with van der Waals surface area (Å²) in [7, 11) is 0. The Morgan fingerprint density at radius 2 is 1.94 bits per heavy atom. The van der Waals surface area contributed by atoms with Crippen LogP contribution in [0.1, 0.15) is 36.5 Å². The Kier molecular flexibility index (Phi) is 2.53. The lowest BCUT2D eigenvalue weighted by Crippen LogP contribution is -2.47. The summed E-state index contributed by atoms with van der Waals surface area (Å²) in [5, 5.41) is 9.42. The van der Waals surface area contributed by atoms with E-state index in [9.17, 15) is 9.90 Å². The predicted octanol–water partition coefficient (Wildman–Crippen LogP) is 3.06. The molecule has 0 amide bonds. The second-order valence-electron chi connectivity index (χ2n) is 5.20. The minimum absolute atomic E-state index is 0.526. The second-order valence-corrected chi connectivity index (χ2v) is 5.20. The number of carbonyl (C=O) groups is 1. The molecule has 0 saturated heterocycles. The van der Waals surface area contributed by atoms with Gasteiger partial charge in [0, 0.05) is 0 Å². The fraction of sp³-hybridized carbons (Fsp3) is 0.500. The van der Waals surface area contributed by atoms with Crippen LogP contribution in [0.5, 0.6) is 0 Å². The molecular formula is C14H18O2. The van der Waals surface area contributed by atoms with Gasteiger partial charge in [-0.2, -0.15) is 0 Å². The van der Waals surface area contributed by atoms with Crippen molar-refractivity contribution in [2.24, 2.45) is 5.92 Å². The normalized spacial score (nSPS) is 28.6. The number of carboxylic acids is 1. The van der Waals surface area contributed by atoms with Crippen molar-refractivity contribution < 1.29 is 9.90 Å². The van der Waals surface area contributed by atoms with Crippen LogP contribution < -0.4 is 0 Å². The molecule has 1 aromatic carbocycles. The molecule has 1 N–H and O–H groups in total. The molecule has 2 heteroatoms. The molecule has 1 saturated carbocycles. The molecule has 1 aromatic rings. The highest BCUT2D eigenvalue weighted by atomic mass is 16.4. The summed E-state index contributed by atoms with van der Waals surface area (Å²) in [5.74, 6) is -0.147. The summed E-state index contributed by atoms with van der Waals surface area (Å²) < 4.78 is 0. The van der Waals surface area contributed by atoms with E-state index < -0.39 is 11.4 Å². The quantitative estimate of drug-likeness (QED) is 0.828. The molecule has 0 radical (unpaired) electrons. The summed E-state index contributed by atoms with van der Waals surface area (Å²) in [4.78, 5) is 11.4. The molecule has 0 atom stereocenters. The summed E-state index contributed by atoms with van der Waals surface area (Å²) in [6, 6.07) is 6.04. The second kappa shape index (κ2) is 3.62. The van der Waals surface area contributed by atoms with Crippen LogP contribution in [-0.2, 0) is 10.2 Å². The van der Waals surface area contributed by atoms with Gasteiger partial charge in [-0.25, -0.2) is 0 Å². The van der Waals surface area contributed by atoms with E-state index in [-0.39, 0.29) is 0 Å². The van der Waals surface area contributed by atoms with Crippen LogP contribution in [0, 0.1) is 19.8 Å². The zero-order valence-corrected chi connectivity index (χ0v) is 10.1. The molecule has 0 heterocycles. The summed E-state index contributed by atoms with van der Waals surface area (Å²) in [6.07, 6.45) is 1.54. The highest BCUT2D eigenvalue weighted by molar-refractivity contribution is 5.82. The first-order chi connectivity index (χ1) is 7.45. The Morgan fingerprint density at radius 1 is 1.31 bits per heavy atom. The van der Waals surface area contributed by atoms with Crippen LogP contribution in [0.4, 0.5) is 0 Å². The molecule has 2 nitrogen and oxygen atoms in total. The molecule has 0 spiro atoms. The maximum atomic E-state index is 11.4. The SMILES string of the molecule is Cc1ccc(C2(C(=O)O)CC(C)C2)cc1C. The highest BCUT2D eigenvalue weighted by Crippen LogP contribution is 2.48.